The molecule has 1 amide bonds. The van der Waals surface area contributed by atoms with Gasteiger partial charge in [0.05, 0.1) is 31.4 Å². The highest BCUT2D eigenvalue weighted by molar-refractivity contribution is 6.30. The number of carbonyl (C=O) groups is 1. The van der Waals surface area contributed by atoms with Gasteiger partial charge in [-0.25, -0.2) is 19.3 Å². The van der Waals surface area contributed by atoms with Crippen molar-refractivity contribution >= 4 is 41.6 Å². The van der Waals surface area contributed by atoms with E-state index in [0.29, 0.717) is 33.9 Å². The highest BCUT2D eigenvalue weighted by Crippen LogP contribution is 2.52. The maximum absolute atomic E-state index is 15.3. The quantitative estimate of drug-likeness (QED) is 0.485. The number of nitrogens with one attached hydrogen (secondary N) is 1. The third kappa shape index (κ3) is 3.61. The van der Waals surface area contributed by atoms with Gasteiger partial charge in [-0.15, -0.1) is 0 Å². The predicted octanol–water partition coefficient (Wildman–Crippen LogP) is 4.24. The summed E-state index contributed by atoms with van der Waals surface area (Å²) in [5.41, 5.74) is -0.822. The van der Waals surface area contributed by atoms with Crippen LogP contribution in [0.2, 0.25) is 5.02 Å². The maximum Gasteiger partial charge on any atom is 0.240 e. The first-order valence-electron chi connectivity index (χ1n) is 11.9. The molecule has 8 nitrogen and oxygen atoms in total. The minimum atomic E-state index is -1.20. The number of alkyl halides is 1. The molecule has 1 aliphatic carbocycles. The molecule has 0 spiro atoms. The Kier molecular flexibility index (Phi) is 5.22. The third-order valence-corrected chi connectivity index (χ3v) is 7.65. The number of nitrogens with zero attached hydrogens (tertiary/aromatic N) is 6. The van der Waals surface area contributed by atoms with Crippen LogP contribution in [-0.2, 0) is 16.8 Å². The number of hydrogen-bond donors (Lipinski definition) is 1. The smallest absolute Gasteiger partial charge is 0.240 e. The zero-order valence-electron chi connectivity index (χ0n) is 19.8. The molecule has 10 heteroatoms. The molecule has 1 aromatic carbocycles. The SMILES string of the molecule is C=Cn1ccnc1C=NCc1nc2c(c(N3CC(F)(C4CC4)C3)n1)C(C)(c1ccc(Cl)cc1)C(=O)N2. The van der Waals surface area contributed by atoms with Gasteiger partial charge in [0.25, 0.3) is 0 Å². The molecule has 1 atom stereocenters. The summed E-state index contributed by atoms with van der Waals surface area (Å²) in [5.74, 6) is 1.97. The first-order chi connectivity index (χ1) is 17.3. The largest absolute Gasteiger partial charge is 0.350 e. The van der Waals surface area contributed by atoms with Crippen LogP contribution in [0.5, 0.6) is 0 Å². The van der Waals surface area contributed by atoms with E-state index in [2.05, 4.69) is 26.9 Å². The molecule has 2 aromatic heterocycles. The van der Waals surface area contributed by atoms with Crippen LogP contribution in [-0.4, -0.2) is 50.4 Å². The first-order valence-corrected chi connectivity index (χ1v) is 12.3. The molecule has 3 aliphatic rings. The third-order valence-electron chi connectivity index (χ3n) is 7.39. The molecule has 1 saturated heterocycles. The van der Waals surface area contributed by atoms with Gasteiger partial charge in [0.1, 0.15) is 22.7 Å². The summed E-state index contributed by atoms with van der Waals surface area (Å²) in [6.45, 7) is 6.28. The van der Waals surface area contributed by atoms with Crippen molar-refractivity contribution in [1.29, 1.82) is 0 Å². The van der Waals surface area contributed by atoms with E-state index < -0.39 is 11.1 Å². The zero-order chi connectivity index (χ0) is 25.1. The van der Waals surface area contributed by atoms with Crippen LogP contribution in [0.3, 0.4) is 0 Å². The fourth-order valence-electron chi connectivity index (χ4n) is 5.13. The number of aromatic nitrogens is 4. The number of amides is 1. The molecule has 1 unspecified atom stereocenters. The Morgan fingerprint density at radius 2 is 2.03 bits per heavy atom. The standard InChI is InChI=1S/C26H25ClFN7O/c1-3-34-11-10-30-20(34)13-29-12-19-31-22-21(23(32-19)35-14-26(28,15-35)17-4-5-17)25(2,24(36)33-22)16-6-8-18(27)9-7-16/h3,6-11,13,17H,1,4-5,12,14-15H2,2H3,(H,31,32,33,36). The number of aliphatic imine (C=N–C) groups is 1. The number of rotatable bonds is 7. The Morgan fingerprint density at radius 1 is 1.28 bits per heavy atom. The number of benzene rings is 1. The maximum atomic E-state index is 15.3. The van der Waals surface area contributed by atoms with Gasteiger partial charge in [0, 0.05) is 23.6 Å². The number of anilines is 2. The summed E-state index contributed by atoms with van der Waals surface area (Å²) in [7, 11) is 0. The molecule has 1 saturated carbocycles. The minimum absolute atomic E-state index is 0.115. The monoisotopic (exact) mass is 505 g/mol. The molecule has 184 valence electrons. The first kappa shape index (κ1) is 22.8. The average molecular weight is 506 g/mol. The molecule has 36 heavy (non-hydrogen) atoms. The van der Waals surface area contributed by atoms with Crippen molar-refractivity contribution < 1.29 is 9.18 Å². The summed E-state index contributed by atoms with van der Waals surface area (Å²) in [6, 6.07) is 7.18. The Bertz CT molecular complexity index is 1390. The van der Waals surface area contributed by atoms with Gasteiger partial charge < -0.3 is 14.8 Å². The molecular weight excluding hydrogens is 481 g/mol. The van der Waals surface area contributed by atoms with E-state index in [1.807, 2.05) is 24.0 Å². The Morgan fingerprint density at radius 3 is 2.72 bits per heavy atom. The van der Waals surface area contributed by atoms with Gasteiger partial charge >= 0.3 is 0 Å². The van der Waals surface area contributed by atoms with E-state index in [9.17, 15) is 4.79 Å². The highest BCUT2D eigenvalue weighted by Gasteiger charge is 2.56. The Balaban J connectivity index is 1.39. The number of hydrogen-bond acceptors (Lipinski definition) is 6. The van der Waals surface area contributed by atoms with Crippen molar-refractivity contribution in [1.82, 2.24) is 19.5 Å². The van der Waals surface area contributed by atoms with Crippen LogP contribution in [0.4, 0.5) is 16.0 Å². The molecule has 6 rings (SSSR count). The number of carbonyl (C=O) groups excluding carboxylic acids is 1. The summed E-state index contributed by atoms with van der Waals surface area (Å²) >= 11 is 6.11. The lowest BCUT2D eigenvalue weighted by molar-refractivity contribution is -0.119. The second-order valence-electron chi connectivity index (χ2n) is 9.78. The lowest BCUT2D eigenvalue weighted by atomic mass is 9.77. The highest BCUT2D eigenvalue weighted by atomic mass is 35.5. The summed E-state index contributed by atoms with van der Waals surface area (Å²) < 4.78 is 17.1. The van der Waals surface area contributed by atoms with Crippen LogP contribution in [0, 0.1) is 5.92 Å². The van der Waals surface area contributed by atoms with Gasteiger partial charge in [0.15, 0.2) is 11.6 Å². The van der Waals surface area contributed by atoms with Crippen molar-refractivity contribution in [3.05, 3.63) is 71.0 Å². The molecule has 3 aromatic rings. The normalized spacial score (nSPS) is 22.4. The van der Waals surface area contributed by atoms with Crippen molar-refractivity contribution in [2.75, 3.05) is 23.3 Å². The van der Waals surface area contributed by atoms with Gasteiger partial charge in [-0.05, 0) is 43.4 Å². The van der Waals surface area contributed by atoms with Gasteiger partial charge in [-0.1, -0.05) is 30.3 Å². The lowest BCUT2D eigenvalue weighted by Gasteiger charge is -2.46. The van der Waals surface area contributed by atoms with Crippen LogP contribution in [0.1, 0.15) is 42.5 Å². The number of fused-ring (bicyclic) bond motifs is 1. The van der Waals surface area contributed by atoms with Crippen molar-refractivity contribution in [3.8, 4) is 0 Å². The second kappa shape index (κ2) is 8.23. The zero-order valence-corrected chi connectivity index (χ0v) is 20.5. The molecule has 1 N–H and O–H groups in total. The molecular formula is C26H25ClFN7O. The van der Waals surface area contributed by atoms with E-state index in [0.717, 1.165) is 18.4 Å². The second-order valence-corrected chi connectivity index (χ2v) is 10.2. The van der Waals surface area contributed by atoms with Crippen LogP contribution >= 0.6 is 11.6 Å². The Hall–Kier alpha value is -3.59. The van der Waals surface area contributed by atoms with Gasteiger partial charge in [-0.2, -0.15) is 0 Å². The molecule has 4 heterocycles. The fraction of sp³-hybridized carbons (Fsp3) is 0.346. The minimum Gasteiger partial charge on any atom is -0.350 e. The topological polar surface area (TPSA) is 88.3 Å². The number of imidazole rings is 1. The molecule has 0 bridgehead atoms. The van der Waals surface area contributed by atoms with Gasteiger partial charge in [-0.3, -0.25) is 9.79 Å². The number of halogens is 2. The Labute approximate surface area is 212 Å². The average Bonchev–Trinajstić information content (AvgIpc) is 3.55. The van der Waals surface area contributed by atoms with E-state index in [-0.39, 0.29) is 31.5 Å². The van der Waals surface area contributed by atoms with Gasteiger partial charge in [0.2, 0.25) is 5.91 Å². The van der Waals surface area contributed by atoms with E-state index >= 15 is 4.39 Å². The van der Waals surface area contributed by atoms with Crippen molar-refractivity contribution in [2.45, 2.75) is 37.4 Å². The van der Waals surface area contributed by atoms with Crippen molar-refractivity contribution in [3.63, 3.8) is 0 Å². The van der Waals surface area contributed by atoms with Crippen molar-refractivity contribution in [2.24, 2.45) is 10.9 Å². The summed E-state index contributed by atoms with van der Waals surface area (Å²) in [5, 5.41) is 3.52. The summed E-state index contributed by atoms with van der Waals surface area (Å²) in [4.78, 5) is 33.4. The molecule has 0 radical (unpaired) electrons. The van der Waals surface area contributed by atoms with Crippen LogP contribution in [0.25, 0.3) is 6.20 Å². The van der Waals surface area contributed by atoms with E-state index in [4.69, 9.17) is 16.6 Å². The van der Waals surface area contributed by atoms with Crippen LogP contribution in [0.15, 0.2) is 48.2 Å². The molecule has 2 fully saturated rings. The lowest BCUT2D eigenvalue weighted by Crippen LogP contribution is -2.61. The van der Waals surface area contributed by atoms with E-state index in [1.54, 1.807) is 41.5 Å². The predicted molar refractivity (Wildman–Crippen MR) is 137 cm³/mol. The summed E-state index contributed by atoms with van der Waals surface area (Å²) in [6.07, 6.45) is 8.55. The van der Waals surface area contributed by atoms with E-state index in [1.165, 1.54) is 0 Å². The molecule has 2 aliphatic heterocycles. The van der Waals surface area contributed by atoms with Crippen LogP contribution < -0.4 is 10.2 Å². The fourth-order valence-corrected chi connectivity index (χ4v) is 5.26.